The molecule has 0 saturated carbocycles. The topological polar surface area (TPSA) is 165 Å². The molecule has 0 bridgehead atoms. The maximum Gasteiger partial charge on any atom is 0.301 e. The van der Waals surface area contributed by atoms with Gasteiger partial charge in [0, 0.05) is 25.9 Å². The van der Waals surface area contributed by atoms with Gasteiger partial charge in [0.15, 0.2) is 24.8 Å². The summed E-state index contributed by atoms with van der Waals surface area (Å²) in [5.41, 5.74) is 2.07. The molecule has 0 aliphatic rings. The Balaban J connectivity index is 0.000000237. The molecular weight excluding hydrogens is 780 g/mol. The molecule has 53 heavy (non-hydrogen) atoms. The maximum absolute atomic E-state index is 12.9. The Morgan fingerprint density at radius 3 is 1.57 bits per heavy atom. The number of amides is 2. The Hall–Kier alpha value is -4.08. The Morgan fingerprint density at radius 1 is 0.679 bits per heavy atom. The molecule has 2 amide bonds. The second-order valence-corrected chi connectivity index (χ2v) is 21.0. The standard InChI is InChI=1S/C19H17ClN2O4S.C18H23ClN2O3S2/c1-19(2,27(24,25)15-10-8-14(20)9-11-15)17(23)22-18-21-16(12-26-18)13-6-4-3-5-7-13;1-11-14(17(2,3)4)20-16(25-11)21-15(22)18(5,6)26(23,24)13-9-7-12(19)8-10-13/h3-12H,1-2H3,(H,21,22,23);7-10H,1-6H3,(H,20,21,22). The molecule has 5 rings (SSSR count). The first kappa shape index (κ1) is 41.7. The number of benzene rings is 3. The molecule has 2 aromatic heterocycles. The molecule has 2 heterocycles. The molecule has 0 aliphatic heterocycles. The highest BCUT2D eigenvalue weighted by atomic mass is 35.5. The Bertz CT molecular complexity index is 2310. The molecule has 0 unspecified atom stereocenters. The highest BCUT2D eigenvalue weighted by Gasteiger charge is 2.44. The fourth-order valence-corrected chi connectivity index (χ4v) is 8.80. The van der Waals surface area contributed by atoms with Crippen LogP contribution in [0.4, 0.5) is 11.1 Å². The van der Waals surface area contributed by atoms with E-state index < -0.39 is 41.0 Å². The zero-order valence-electron chi connectivity index (χ0n) is 30.3. The molecule has 0 fully saturated rings. The summed E-state index contributed by atoms with van der Waals surface area (Å²) in [5, 5.41) is 6.34. The van der Waals surface area contributed by atoms with E-state index in [4.69, 9.17) is 27.6 Å². The zero-order chi connectivity index (χ0) is 39.6. The molecule has 11 nitrogen and oxygen atoms in total. The van der Waals surface area contributed by atoms with Gasteiger partial charge in [-0.25, -0.2) is 21.8 Å². The number of sulfone groups is 2. The van der Waals surface area contributed by atoms with Crippen LogP contribution in [0.3, 0.4) is 0 Å². The molecule has 0 radical (unpaired) electrons. The maximum atomic E-state index is 12.9. The molecule has 3 aromatic carbocycles. The summed E-state index contributed by atoms with van der Waals surface area (Å²) in [6.07, 6.45) is 1.39. The van der Waals surface area contributed by atoms with E-state index >= 15 is 0 Å². The van der Waals surface area contributed by atoms with E-state index in [9.17, 15) is 26.4 Å². The van der Waals surface area contributed by atoms with Crippen LogP contribution >= 0.6 is 34.5 Å². The van der Waals surface area contributed by atoms with Crippen molar-refractivity contribution in [1.82, 2.24) is 9.97 Å². The van der Waals surface area contributed by atoms with Gasteiger partial charge in [-0.1, -0.05) is 74.3 Å². The number of oxazole rings is 1. The number of rotatable bonds is 9. The smallest absolute Gasteiger partial charge is 0.301 e. The van der Waals surface area contributed by atoms with E-state index in [2.05, 4.69) is 20.6 Å². The van der Waals surface area contributed by atoms with Gasteiger partial charge < -0.3 is 9.73 Å². The number of nitrogens with zero attached hydrogens (tertiary/aromatic N) is 2. The minimum absolute atomic E-state index is 0.00410. The average molecular weight is 820 g/mol. The van der Waals surface area contributed by atoms with Crippen molar-refractivity contribution in [2.24, 2.45) is 0 Å². The third kappa shape index (κ3) is 9.18. The van der Waals surface area contributed by atoms with Gasteiger partial charge in [0.05, 0.1) is 15.5 Å². The number of carbonyl (C=O) groups excluding carboxylic acids is 2. The Kier molecular flexibility index (Phi) is 12.4. The Labute approximate surface area is 324 Å². The molecule has 0 saturated heterocycles. The monoisotopic (exact) mass is 818 g/mol. The summed E-state index contributed by atoms with van der Waals surface area (Å²) >= 11 is 13.0. The summed E-state index contributed by atoms with van der Waals surface area (Å²) in [6.45, 7) is 13.5. The number of nitrogens with one attached hydrogen (secondary N) is 2. The summed E-state index contributed by atoms with van der Waals surface area (Å²) in [5.74, 6) is -1.37. The molecular formula is C37H40Cl2N4O7S3. The minimum Gasteiger partial charge on any atom is -0.431 e. The first-order valence-electron chi connectivity index (χ1n) is 16.1. The van der Waals surface area contributed by atoms with Crippen molar-refractivity contribution in [2.45, 2.75) is 80.1 Å². The van der Waals surface area contributed by atoms with E-state index in [-0.39, 0.29) is 21.2 Å². The lowest BCUT2D eigenvalue weighted by Gasteiger charge is -2.23. The van der Waals surface area contributed by atoms with Gasteiger partial charge in [-0.15, -0.1) is 11.3 Å². The summed E-state index contributed by atoms with van der Waals surface area (Å²) in [4.78, 5) is 35.1. The van der Waals surface area contributed by atoms with Crippen LogP contribution < -0.4 is 10.6 Å². The molecule has 0 spiro atoms. The van der Waals surface area contributed by atoms with Crippen molar-refractivity contribution in [3.8, 4) is 11.3 Å². The number of hydrogen-bond donors (Lipinski definition) is 2. The predicted molar refractivity (Wildman–Crippen MR) is 210 cm³/mol. The lowest BCUT2D eigenvalue weighted by Crippen LogP contribution is -2.44. The number of aromatic nitrogens is 2. The second-order valence-electron chi connectivity index (χ2n) is 13.9. The first-order valence-corrected chi connectivity index (χ1v) is 20.6. The summed E-state index contributed by atoms with van der Waals surface area (Å²) < 4.78 is 53.4. The molecule has 2 N–H and O–H groups in total. The number of carbonyl (C=O) groups is 2. The van der Waals surface area contributed by atoms with Gasteiger partial charge in [-0.05, 0) is 83.1 Å². The summed E-state index contributed by atoms with van der Waals surface area (Å²) in [6, 6.07) is 20.6. The van der Waals surface area contributed by atoms with Crippen LogP contribution in [0.15, 0.2) is 99.3 Å². The predicted octanol–water partition coefficient (Wildman–Crippen LogP) is 8.78. The van der Waals surface area contributed by atoms with Crippen molar-refractivity contribution in [3.05, 3.63) is 106 Å². The van der Waals surface area contributed by atoms with Crippen LogP contribution in [-0.4, -0.2) is 48.1 Å². The van der Waals surface area contributed by atoms with Crippen LogP contribution in [0.2, 0.25) is 10.0 Å². The molecule has 16 heteroatoms. The van der Waals surface area contributed by atoms with Crippen molar-refractivity contribution in [1.29, 1.82) is 0 Å². The first-order chi connectivity index (χ1) is 24.5. The number of thiazole rings is 1. The van der Waals surface area contributed by atoms with E-state index in [1.54, 1.807) is 0 Å². The minimum atomic E-state index is -3.96. The number of halogens is 2. The van der Waals surface area contributed by atoms with Crippen molar-refractivity contribution < 1.29 is 30.8 Å². The van der Waals surface area contributed by atoms with E-state index in [1.165, 1.54) is 93.8 Å². The highest BCUT2D eigenvalue weighted by molar-refractivity contribution is 7.94. The van der Waals surface area contributed by atoms with Crippen molar-refractivity contribution >= 4 is 77.2 Å². The molecule has 5 aromatic rings. The third-order valence-corrected chi connectivity index (χ3v) is 14.4. The quantitative estimate of drug-likeness (QED) is 0.148. The van der Waals surface area contributed by atoms with Gasteiger partial charge in [0.2, 0.25) is 11.8 Å². The Morgan fingerprint density at radius 2 is 1.13 bits per heavy atom. The number of anilines is 2. The van der Waals surface area contributed by atoms with E-state index in [0.29, 0.717) is 20.9 Å². The summed E-state index contributed by atoms with van der Waals surface area (Å²) in [7, 11) is -7.86. The van der Waals surface area contributed by atoms with E-state index in [0.717, 1.165) is 16.1 Å². The SMILES string of the molecule is CC(C)(C(=O)Nc1nc(-c2ccccc2)co1)S(=O)(=O)c1ccc(Cl)cc1.Cc1sc(NC(=O)C(C)(C)S(=O)(=O)c2ccc(Cl)cc2)nc1C(C)(C)C. The number of aryl methyl sites for hydroxylation is 1. The highest BCUT2D eigenvalue weighted by Crippen LogP contribution is 2.34. The zero-order valence-corrected chi connectivity index (χ0v) is 34.3. The van der Waals surface area contributed by atoms with E-state index in [1.807, 2.05) is 58.0 Å². The molecule has 0 aliphatic carbocycles. The fraction of sp³-hybridized carbons (Fsp3) is 0.297. The molecule has 282 valence electrons. The second kappa shape index (κ2) is 15.7. The van der Waals surface area contributed by atoms with Gasteiger partial charge in [0.25, 0.3) is 0 Å². The van der Waals surface area contributed by atoms with Gasteiger partial charge in [-0.3, -0.25) is 14.9 Å². The lowest BCUT2D eigenvalue weighted by molar-refractivity contribution is -0.118. The third-order valence-electron chi connectivity index (χ3n) is 8.21. The van der Waals surface area contributed by atoms with Crippen LogP contribution in [0.25, 0.3) is 11.3 Å². The normalized spacial score (nSPS) is 12.4. The van der Waals surface area contributed by atoms with Crippen LogP contribution in [0.5, 0.6) is 0 Å². The average Bonchev–Trinajstić information content (AvgIpc) is 3.71. The van der Waals surface area contributed by atoms with Gasteiger partial charge in [0.1, 0.15) is 21.5 Å². The van der Waals surface area contributed by atoms with Crippen LogP contribution in [0, 0.1) is 6.92 Å². The van der Waals surface area contributed by atoms with Gasteiger partial charge >= 0.3 is 6.01 Å². The molecule has 0 atom stereocenters. The lowest BCUT2D eigenvalue weighted by atomic mass is 9.92. The number of hydrogen-bond acceptors (Lipinski definition) is 10. The largest absolute Gasteiger partial charge is 0.431 e. The van der Waals surface area contributed by atoms with Crippen LogP contribution in [-0.2, 0) is 34.7 Å². The fourth-order valence-electron chi connectivity index (χ4n) is 4.77. The van der Waals surface area contributed by atoms with Crippen molar-refractivity contribution in [3.63, 3.8) is 0 Å². The van der Waals surface area contributed by atoms with Crippen molar-refractivity contribution in [2.75, 3.05) is 10.6 Å². The van der Waals surface area contributed by atoms with Crippen LogP contribution in [0.1, 0.15) is 59.0 Å². The van der Waals surface area contributed by atoms with Gasteiger partial charge in [-0.2, -0.15) is 4.98 Å².